The van der Waals surface area contributed by atoms with Crippen LogP contribution in [0.4, 0.5) is 0 Å². The van der Waals surface area contributed by atoms with Gasteiger partial charge < -0.3 is 0 Å². The molecule has 0 N–H and O–H groups in total. The van der Waals surface area contributed by atoms with Gasteiger partial charge in [0.1, 0.15) is 0 Å². The average Bonchev–Trinajstić information content (AvgIpc) is 2.77. The number of aryl methyl sites for hydroxylation is 2. The zero-order chi connectivity index (χ0) is 11.7. The molecular formula is C13H26N2. The molecule has 0 spiro atoms. The van der Waals surface area contributed by atoms with Crippen LogP contribution >= 0.6 is 0 Å². The Hall–Kier alpha value is -0.790. The highest BCUT2D eigenvalue weighted by molar-refractivity contribution is 5.18. The van der Waals surface area contributed by atoms with Crippen molar-refractivity contribution in [2.75, 3.05) is 0 Å². The van der Waals surface area contributed by atoms with Gasteiger partial charge in [-0.25, -0.2) is 0 Å². The van der Waals surface area contributed by atoms with Crippen molar-refractivity contribution in [1.29, 1.82) is 0 Å². The lowest BCUT2D eigenvalue weighted by Gasteiger charge is -2.13. The Bertz CT molecular complexity index is 238. The van der Waals surface area contributed by atoms with E-state index in [2.05, 4.69) is 16.7 Å². The summed E-state index contributed by atoms with van der Waals surface area (Å²) in [6, 6.07) is 0. The zero-order valence-corrected chi connectivity index (χ0v) is 11.0. The van der Waals surface area contributed by atoms with Gasteiger partial charge in [0.05, 0.1) is 6.20 Å². The summed E-state index contributed by atoms with van der Waals surface area (Å²) in [6.07, 6.45) is 7.05. The molecule has 2 heterocycles. The van der Waals surface area contributed by atoms with E-state index in [0.29, 0.717) is 0 Å². The SMILES string of the molecule is CC.CC.CCc1cnn2c1CCCC2. The second-order valence-corrected chi connectivity index (χ2v) is 3.15. The van der Waals surface area contributed by atoms with Crippen molar-refractivity contribution in [3.63, 3.8) is 0 Å². The van der Waals surface area contributed by atoms with Crippen LogP contribution in [-0.4, -0.2) is 9.78 Å². The molecule has 0 fully saturated rings. The number of nitrogens with zero attached hydrogens (tertiary/aromatic N) is 2. The minimum Gasteiger partial charge on any atom is -0.269 e. The third-order valence-electron chi connectivity index (χ3n) is 2.45. The van der Waals surface area contributed by atoms with Crippen LogP contribution in [0.2, 0.25) is 0 Å². The lowest BCUT2D eigenvalue weighted by molar-refractivity contribution is 0.484. The Morgan fingerprint density at radius 3 is 2.47 bits per heavy atom. The summed E-state index contributed by atoms with van der Waals surface area (Å²) >= 11 is 0. The molecule has 2 heteroatoms. The molecule has 0 saturated heterocycles. The highest BCUT2D eigenvalue weighted by Crippen LogP contribution is 2.17. The first kappa shape index (κ1) is 14.2. The minimum atomic E-state index is 1.13. The van der Waals surface area contributed by atoms with Crippen LogP contribution in [0.15, 0.2) is 6.20 Å². The Morgan fingerprint density at radius 2 is 1.87 bits per heavy atom. The van der Waals surface area contributed by atoms with E-state index in [4.69, 9.17) is 0 Å². The largest absolute Gasteiger partial charge is 0.269 e. The Kier molecular flexibility index (Phi) is 8.06. The van der Waals surface area contributed by atoms with E-state index in [9.17, 15) is 0 Å². The molecule has 15 heavy (non-hydrogen) atoms. The van der Waals surface area contributed by atoms with E-state index < -0.39 is 0 Å². The van der Waals surface area contributed by atoms with Gasteiger partial charge in [-0.15, -0.1) is 0 Å². The standard InChI is InChI=1S/C9H14N2.2C2H6/c1-2-8-7-10-11-6-4-3-5-9(8)11;2*1-2/h7H,2-6H2,1H3;2*1-2H3. The predicted molar refractivity (Wildman–Crippen MR) is 67.2 cm³/mol. The van der Waals surface area contributed by atoms with Crippen LogP contribution in [0, 0.1) is 0 Å². The fourth-order valence-corrected chi connectivity index (χ4v) is 1.78. The maximum Gasteiger partial charge on any atom is 0.0524 e. The van der Waals surface area contributed by atoms with E-state index in [1.54, 1.807) is 0 Å². The lowest BCUT2D eigenvalue weighted by Crippen LogP contribution is -2.11. The van der Waals surface area contributed by atoms with Gasteiger partial charge in [0.15, 0.2) is 0 Å². The normalized spacial score (nSPS) is 12.9. The molecule has 2 nitrogen and oxygen atoms in total. The van der Waals surface area contributed by atoms with Crippen molar-refractivity contribution in [3.05, 3.63) is 17.5 Å². The smallest absolute Gasteiger partial charge is 0.0524 e. The number of hydrogen-bond donors (Lipinski definition) is 0. The molecule has 88 valence electrons. The fraction of sp³-hybridized carbons (Fsp3) is 0.769. The highest BCUT2D eigenvalue weighted by atomic mass is 15.3. The van der Waals surface area contributed by atoms with Crippen molar-refractivity contribution >= 4 is 0 Å². The van der Waals surface area contributed by atoms with Gasteiger partial charge in [-0.05, 0) is 31.2 Å². The molecule has 0 saturated carbocycles. The summed E-state index contributed by atoms with van der Waals surface area (Å²) in [5, 5.41) is 4.34. The predicted octanol–water partition coefficient (Wildman–Crippen LogP) is 3.83. The molecule has 1 aliphatic heterocycles. The maximum atomic E-state index is 4.34. The van der Waals surface area contributed by atoms with Crippen molar-refractivity contribution in [1.82, 2.24) is 9.78 Å². The van der Waals surface area contributed by atoms with E-state index >= 15 is 0 Å². The van der Waals surface area contributed by atoms with Crippen LogP contribution in [0.5, 0.6) is 0 Å². The van der Waals surface area contributed by atoms with Crippen LogP contribution in [-0.2, 0) is 19.4 Å². The Morgan fingerprint density at radius 1 is 1.20 bits per heavy atom. The quantitative estimate of drug-likeness (QED) is 0.688. The highest BCUT2D eigenvalue weighted by Gasteiger charge is 2.12. The molecule has 0 atom stereocenters. The summed E-state index contributed by atoms with van der Waals surface area (Å²) in [7, 11) is 0. The summed E-state index contributed by atoms with van der Waals surface area (Å²) in [5.41, 5.74) is 2.93. The van der Waals surface area contributed by atoms with E-state index in [1.165, 1.54) is 30.5 Å². The Labute approximate surface area is 94.7 Å². The summed E-state index contributed by atoms with van der Waals surface area (Å²) in [6.45, 7) is 11.3. The maximum absolute atomic E-state index is 4.34. The van der Waals surface area contributed by atoms with Gasteiger partial charge in [-0.2, -0.15) is 5.10 Å². The van der Waals surface area contributed by atoms with Gasteiger partial charge >= 0.3 is 0 Å². The second-order valence-electron chi connectivity index (χ2n) is 3.15. The first-order chi connectivity index (χ1) is 7.42. The van der Waals surface area contributed by atoms with Crippen molar-refractivity contribution < 1.29 is 0 Å². The Balaban J connectivity index is 0.000000442. The first-order valence-corrected chi connectivity index (χ1v) is 6.45. The fourth-order valence-electron chi connectivity index (χ4n) is 1.78. The third kappa shape index (κ3) is 3.69. The van der Waals surface area contributed by atoms with Crippen LogP contribution in [0.1, 0.15) is 58.7 Å². The topological polar surface area (TPSA) is 17.8 Å². The third-order valence-corrected chi connectivity index (χ3v) is 2.45. The molecule has 0 radical (unpaired) electrons. The number of aromatic nitrogens is 2. The van der Waals surface area contributed by atoms with Gasteiger partial charge in [-0.1, -0.05) is 34.6 Å². The number of hydrogen-bond acceptors (Lipinski definition) is 1. The lowest BCUT2D eigenvalue weighted by atomic mass is 10.1. The zero-order valence-electron chi connectivity index (χ0n) is 11.0. The van der Waals surface area contributed by atoms with E-state index in [1.807, 2.05) is 33.9 Å². The van der Waals surface area contributed by atoms with Crippen molar-refractivity contribution in [3.8, 4) is 0 Å². The molecule has 0 amide bonds. The molecular weight excluding hydrogens is 184 g/mol. The van der Waals surface area contributed by atoms with Crippen molar-refractivity contribution in [2.24, 2.45) is 0 Å². The molecule has 0 aromatic carbocycles. The summed E-state index contributed by atoms with van der Waals surface area (Å²) in [5.74, 6) is 0. The van der Waals surface area contributed by atoms with Gasteiger partial charge in [0.2, 0.25) is 0 Å². The summed E-state index contributed by atoms with van der Waals surface area (Å²) in [4.78, 5) is 0. The number of fused-ring (bicyclic) bond motifs is 1. The molecule has 2 rings (SSSR count). The second kappa shape index (κ2) is 8.51. The molecule has 0 unspecified atom stereocenters. The van der Waals surface area contributed by atoms with Gasteiger partial charge in [0.25, 0.3) is 0 Å². The molecule has 1 aliphatic rings. The number of rotatable bonds is 1. The van der Waals surface area contributed by atoms with Gasteiger partial charge in [0, 0.05) is 12.2 Å². The average molecular weight is 210 g/mol. The van der Waals surface area contributed by atoms with E-state index in [-0.39, 0.29) is 0 Å². The van der Waals surface area contributed by atoms with Crippen LogP contribution in [0.3, 0.4) is 0 Å². The molecule has 0 bridgehead atoms. The molecule has 0 aliphatic carbocycles. The minimum absolute atomic E-state index is 1.13. The molecule has 1 aromatic rings. The molecule has 1 aromatic heterocycles. The first-order valence-electron chi connectivity index (χ1n) is 6.45. The monoisotopic (exact) mass is 210 g/mol. The van der Waals surface area contributed by atoms with E-state index in [0.717, 1.165) is 13.0 Å². The van der Waals surface area contributed by atoms with Crippen LogP contribution < -0.4 is 0 Å². The summed E-state index contributed by atoms with van der Waals surface area (Å²) < 4.78 is 2.17. The van der Waals surface area contributed by atoms with Crippen molar-refractivity contribution in [2.45, 2.75) is 66.8 Å². The van der Waals surface area contributed by atoms with Crippen LogP contribution in [0.25, 0.3) is 0 Å². The van der Waals surface area contributed by atoms with Gasteiger partial charge in [-0.3, -0.25) is 4.68 Å².